The zero-order valence-corrected chi connectivity index (χ0v) is 13.7. The summed E-state index contributed by atoms with van der Waals surface area (Å²) in [7, 11) is 2.56. The van der Waals surface area contributed by atoms with Crippen LogP contribution in [0, 0.1) is 0 Å². The van der Waals surface area contributed by atoms with Gasteiger partial charge in [0.25, 0.3) is 0 Å². The Labute approximate surface area is 137 Å². The van der Waals surface area contributed by atoms with E-state index in [0.717, 1.165) is 11.1 Å². The van der Waals surface area contributed by atoms with E-state index in [0.29, 0.717) is 24.8 Å². The molecule has 0 N–H and O–H groups in total. The molecule has 0 radical (unpaired) electrons. The van der Waals surface area contributed by atoms with E-state index in [2.05, 4.69) is 19.7 Å². The third kappa shape index (κ3) is 3.97. The topological polar surface area (TPSA) is 52.6 Å². The molecule has 0 saturated carbocycles. The van der Waals surface area contributed by atoms with Gasteiger partial charge in [0.15, 0.2) is 0 Å². The van der Waals surface area contributed by atoms with Crippen molar-refractivity contribution in [2.45, 2.75) is 19.3 Å². The molecule has 0 amide bonds. The van der Waals surface area contributed by atoms with Gasteiger partial charge < -0.3 is 9.47 Å². The standard InChI is InChI=1S/C19H22O4/c1-6-9-13-12-16(18(20)22-4)17(19(21)23-5)15(11-8-3)14(13)10-7-2/h6-8,12H,1-3,9-11H2,4-5H3. The van der Waals surface area contributed by atoms with E-state index < -0.39 is 11.9 Å². The van der Waals surface area contributed by atoms with E-state index in [9.17, 15) is 9.59 Å². The first kappa shape index (κ1) is 18.4. The summed E-state index contributed by atoms with van der Waals surface area (Å²) >= 11 is 0. The minimum atomic E-state index is -0.578. The number of methoxy groups -OCH3 is 2. The number of benzene rings is 1. The molecule has 0 aromatic heterocycles. The van der Waals surface area contributed by atoms with E-state index in [4.69, 9.17) is 9.47 Å². The fourth-order valence-electron chi connectivity index (χ4n) is 2.55. The van der Waals surface area contributed by atoms with Crippen LogP contribution in [-0.2, 0) is 28.7 Å². The van der Waals surface area contributed by atoms with Gasteiger partial charge in [-0.2, -0.15) is 0 Å². The molecule has 1 aromatic carbocycles. The first-order valence-electron chi connectivity index (χ1n) is 7.22. The summed E-state index contributed by atoms with van der Waals surface area (Å²) in [6, 6.07) is 1.67. The fraction of sp³-hybridized carbons (Fsp3) is 0.263. The largest absolute Gasteiger partial charge is 0.465 e. The second kappa shape index (κ2) is 8.73. The molecule has 0 atom stereocenters. The van der Waals surface area contributed by atoms with Crippen molar-refractivity contribution in [2.24, 2.45) is 0 Å². The summed E-state index contributed by atoms with van der Waals surface area (Å²) in [5, 5.41) is 0. The molecule has 0 aliphatic carbocycles. The quantitative estimate of drug-likeness (QED) is 0.545. The van der Waals surface area contributed by atoms with Crippen LogP contribution in [-0.4, -0.2) is 26.2 Å². The van der Waals surface area contributed by atoms with Crippen molar-refractivity contribution in [1.82, 2.24) is 0 Å². The van der Waals surface area contributed by atoms with Gasteiger partial charge in [0.1, 0.15) is 0 Å². The summed E-state index contributed by atoms with van der Waals surface area (Å²) in [4.78, 5) is 24.4. The van der Waals surface area contributed by atoms with Crippen LogP contribution < -0.4 is 0 Å². The predicted octanol–water partition coefficient (Wildman–Crippen LogP) is 3.45. The Bertz CT molecular complexity index is 641. The Morgan fingerprint density at radius 3 is 1.91 bits per heavy atom. The van der Waals surface area contributed by atoms with Crippen molar-refractivity contribution in [3.8, 4) is 0 Å². The van der Waals surface area contributed by atoms with Crippen molar-refractivity contribution in [3.63, 3.8) is 0 Å². The van der Waals surface area contributed by atoms with Crippen LogP contribution >= 0.6 is 0 Å². The highest BCUT2D eigenvalue weighted by Crippen LogP contribution is 2.27. The molecule has 0 heterocycles. The molecule has 1 rings (SSSR count). The molecule has 0 spiro atoms. The molecule has 4 nitrogen and oxygen atoms in total. The number of carbonyl (C=O) groups is 2. The van der Waals surface area contributed by atoms with Crippen LogP contribution in [0.3, 0.4) is 0 Å². The number of hydrogen-bond donors (Lipinski definition) is 0. The summed E-state index contributed by atoms with van der Waals surface area (Å²) in [6.07, 6.45) is 6.76. The van der Waals surface area contributed by atoms with Gasteiger partial charge in [0, 0.05) is 0 Å². The van der Waals surface area contributed by atoms with Gasteiger partial charge in [-0.15, -0.1) is 19.7 Å². The highest BCUT2D eigenvalue weighted by Gasteiger charge is 2.26. The van der Waals surface area contributed by atoms with Gasteiger partial charge in [-0.1, -0.05) is 18.2 Å². The van der Waals surface area contributed by atoms with Crippen LogP contribution in [0.1, 0.15) is 37.4 Å². The van der Waals surface area contributed by atoms with Crippen LogP contribution in [0.4, 0.5) is 0 Å². The van der Waals surface area contributed by atoms with Crippen molar-refractivity contribution >= 4 is 11.9 Å². The Morgan fingerprint density at radius 1 is 0.913 bits per heavy atom. The molecule has 4 heteroatoms. The molecule has 0 unspecified atom stereocenters. The van der Waals surface area contributed by atoms with Crippen molar-refractivity contribution in [3.05, 3.63) is 71.8 Å². The maximum absolute atomic E-state index is 12.3. The Hall–Kier alpha value is -2.62. The Balaban J connectivity index is 3.85. The van der Waals surface area contributed by atoms with Crippen LogP contribution in [0.15, 0.2) is 44.0 Å². The van der Waals surface area contributed by atoms with Crippen molar-refractivity contribution in [1.29, 1.82) is 0 Å². The number of hydrogen-bond acceptors (Lipinski definition) is 4. The lowest BCUT2D eigenvalue weighted by Crippen LogP contribution is -2.18. The monoisotopic (exact) mass is 314 g/mol. The van der Waals surface area contributed by atoms with E-state index in [-0.39, 0.29) is 11.1 Å². The van der Waals surface area contributed by atoms with Gasteiger partial charge in [0.2, 0.25) is 0 Å². The smallest absolute Gasteiger partial charge is 0.339 e. The number of allylic oxidation sites excluding steroid dienone is 3. The molecule has 1 aromatic rings. The minimum Gasteiger partial charge on any atom is -0.465 e. The third-order valence-electron chi connectivity index (χ3n) is 3.50. The summed E-state index contributed by atoms with van der Waals surface area (Å²) in [5.74, 6) is -1.15. The van der Waals surface area contributed by atoms with E-state index in [1.54, 1.807) is 24.3 Å². The molecule has 0 aliphatic rings. The van der Waals surface area contributed by atoms with Crippen molar-refractivity contribution < 1.29 is 19.1 Å². The zero-order chi connectivity index (χ0) is 17.4. The van der Waals surface area contributed by atoms with Gasteiger partial charge >= 0.3 is 11.9 Å². The van der Waals surface area contributed by atoms with E-state index in [1.165, 1.54) is 14.2 Å². The van der Waals surface area contributed by atoms with Gasteiger partial charge in [0.05, 0.1) is 25.3 Å². The van der Waals surface area contributed by atoms with E-state index in [1.807, 2.05) is 0 Å². The van der Waals surface area contributed by atoms with Crippen molar-refractivity contribution in [2.75, 3.05) is 14.2 Å². The zero-order valence-electron chi connectivity index (χ0n) is 13.7. The van der Waals surface area contributed by atoms with Gasteiger partial charge in [-0.25, -0.2) is 9.59 Å². The van der Waals surface area contributed by atoms with Crippen LogP contribution in [0.25, 0.3) is 0 Å². The number of ether oxygens (including phenoxy) is 2. The first-order chi connectivity index (χ1) is 11.0. The third-order valence-corrected chi connectivity index (χ3v) is 3.50. The molecule has 0 saturated heterocycles. The Kier molecular flexibility index (Phi) is 7.00. The second-order valence-corrected chi connectivity index (χ2v) is 4.88. The number of carbonyl (C=O) groups excluding carboxylic acids is 2. The lowest BCUT2D eigenvalue weighted by Gasteiger charge is -2.19. The maximum Gasteiger partial charge on any atom is 0.339 e. The maximum atomic E-state index is 12.3. The summed E-state index contributed by atoms with van der Waals surface area (Å²) < 4.78 is 9.68. The van der Waals surface area contributed by atoms with Gasteiger partial charge in [-0.05, 0) is 42.0 Å². The highest BCUT2D eigenvalue weighted by atomic mass is 16.5. The molecule has 23 heavy (non-hydrogen) atoms. The van der Waals surface area contributed by atoms with Gasteiger partial charge in [-0.3, -0.25) is 0 Å². The molecule has 122 valence electrons. The molecule has 0 bridgehead atoms. The highest BCUT2D eigenvalue weighted by molar-refractivity contribution is 6.04. The SMILES string of the molecule is C=CCc1cc(C(=O)OC)c(C(=O)OC)c(CC=C)c1CC=C. The minimum absolute atomic E-state index is 0.195. The number of esters is 2. The summed E-state index contributed by atoms with van der Waals surface area (Å²) in [6.45, 7) is 11.3. The lowest BCUT2D eigenvalue weighted by molar-refractivity contribution is 0.0554. The molecular weight excluding hydrogens is 292 g/mol. The number of rotatable bonds is 8. The lowest BCUT2D eigenvalue weighted by atomic mass is 9.87. The second-order valence-electron chi connectivity index (χ2n) is 4.88. The van der Waals surface area contributed by atoms with E-state index >= 15 is 0 Å². The average Bonchev–Trinajstić information content (AvgIpc) is 2.56. The molecular formula is C19H22O4. The van der Waals surface area contributed by atoms with Crippen LogP contribution in [0.5, 0.6) is 0 Å². The summed E-state index contributed by atoms with van der Waals surface area (Å²) in [5.41, 5.74) is 2.98. The normalized spacial score (nSPS) is 9.83. The molecule has 0 aliphatic heterocycles. The first-order valence-corrected chi connectivity index (χ1v) is 7.22. The Morgan fingerprint density at radius 2 is 1.43 bits per heavy atom. The fourth-order valence-corrected chi connectivity index (χ4v) is 2.55. The molecule has 0 fully saturated rings. The predicted molar refractivity (Wildman–Crippen MR) is 90.8 cm³/mol. The average molecular weight is 314 g/mol. The van der Waals surface area contributed by atoms with Crippen LogP contribution in [0.2, 0.25) is 0 Å².